The summed E-state index contributed by atoms with van der Waals surface area (Å²) in [5, 5.41) is 18.9. The maximum absolute atomic E-state index is 15.1. The van der Waals surface area contributed by atoms with Crippen LogP contribution in [0.15, 0.2) is 35.2 Å². The molecule has 136 valence electrons. The zero-order valence-corrected chi connectivity index (χ0v) is 14.4. The Hall–Kier alpha value is -2.37. The lowest BCUT2D eigenvalue weighted by molar-refractivity contribution is 0.0907. The summed E-state index contributed by atoms with van der Waals surface area (Å²) in [6, 6.07) is 7.07. The molecule has 1 aliphatic rings. The summed E-state index contributed by atoms with van der Waals surface area (Å²) in [4.78, 5) is -0.256. The van der Waals surface area contributed by atoms with Gasteiger partial charge in [-0.3, -0.25) is 0 Å². The molecule has 0 bridgehead atoms. The number of rotatable bonds is 3. The summed E-state index contributed by atoms with van der Waals surface area (Å²) < 4.78 is 66.5. The van der Waals surface area contributed by atoms with E-state index in [2.05, 4.69) is 0 Å². The number of aliphatic hydroxyl groups is 1. The molecule has 26 heavy (non-hydrogen) atoms. The number of hydrogen-bond acceptors (Lipinski definition) is 4. The molecule has 0 aliphatic heterocycles. The smallest absolute Gasteiger partial charge is 0.175 e. The molecule has 0 unspecified atom stereocenters. The van der Waals surface area contributed by atoms with Crippen molar-refractivity contribution in [1.29, 1.82) is 5.26 Å². The molecule has 1 N–H and O–H groups in total. The van der Waals surface area contributed by atoms with Crippen LogP contribution in [0.25, 0.3) is 0 Å². The van der Waals surface area contributed by atoms with Gasteiger partial charge in [0, 0.05) is 18.2 Å². The Morgan fingerprint density at radius 1 is 1.31 bits per heavy atom. The lowest BCUT2D eigenvalue weighted by Gasteiger charge is -2.17. The quantitative estimate of drug-likeness (QED) is 0.886. The van der Waals surface area contributed by atoms with Gasteiger partial charge in [-0.15, -0.1) is 0 Å². The van der Waals surface area contributed by atoms with E-state index in [0.29, 0.717) is 0 Å². The number of nitriles is 1. The molecule has 0 spiro atoms. The first-order valence-corrected chi connectivity index (χ1v) is 9.55. The molecule has 3 rings (SSSR count). The van der Waals surface area contributed by atoms with Gasteiger partial charge in [-0.2, -0.15) is 5.26 Å². The number of hydrogen-bond donors (Lipinski definition) is 1. The van der Waals surface area contributed by atoms with Crippen LogP contribution in [0.4, 0.5) is 13.2 Å². The number of sulfone groups is 1. The Bertz CT molecular complexity index is 1030. The first-order chi connectivity index (χ1) is 12.1. The van der Waals surface area contributed by atoms with Crippen LogP contribution in [0.5, 0.6) is 0 Å². The molecule has 0 amide bonds. The molecular weight excluding hydrogens is 367 g/mol. The van der Waals surface area contributed by atoms with E-state index in [1.54, 1.807) is 6.07 Å². The molecule has 8 heteroatoms. The van der Waals surface area contributed by atoms with E-state index in [-0.39, 0.29) is 39.1 Å². The number of alkyl halides is 2. The number of fused-ring (bicyclic) bond motifs is 1. The molecule has 0 saturated heterocycles. The van der Waals surface area contributed by atoms with E-state index in [9.17, 15) is 22.3 Å². The molecule has 1 aliphatic carbocycles. The highest BCUT2D eigenvalue weighted by molar-refractivity contribution is 7.90. The third kappa shape index (κ3) is 3.08. The van der Waals surface area contributed by atoms with Gasteiger partial charge in [-0.1, -0.05) is 6.07 Å². The van der Waals surface area contributed by atoms with E-state index in [1.807, 2.05) is 0 Å². The van der Waals surface area contributed by atoms with Gasteiger partial charge < -0.3 is 5.11 Å². The molecule has 0 radical (unpaired) electrons. The van der Waals surface area contributed by atoms with Crippen molar-refractivity contribution in [2.75, 3.05) is 6.26 Å². The van der Waals surface area contributed by atoms with Crippen LogP contribution in [0.2, 0.25) is 0 Å². The molecule has 2 aromatic carbocycles. The predicted octanol–water partition coefficient (Wildman–Crippen LogP) is 3.09. The fourth-order valence-corrected chi connectivity index (χ4v) is 4.22. The van der Waals surface area contributed by atoms with Crippen molar-refractivity contribution in [2.45, 2.75) is 29.8 Å². The molecule has 0 saturated carbocycles. The summed E-state index contributed by atoms with van der Waals surface area (Å²) in [5.41, 5.74) is -0.371. The highest BCUT2D eigenvalue weighted by Gasteiger charge is 2.38. The van der Waals surface area contributed by atoms with Crippen LogP contribution in [-0.4, -0.2) is 26.0 Å². The molecule has 0 heterocycles. The standard InChI is InChI=1S/C18H14F3NO3S/c1-26(24,25)15-3-2-12(13-7-14(20)18(23)16(13)15)17(21)10-4-9(8-22)5-11(19)6-10/h2-6,14,17-18,23H,7H2,1H3/t14-,17-,18+/m0/s1. The van der Waals surface area contributed by atoms with Crippen molar-refractivity contribution in [3.8, 4) is 6.07 Å². The minimum absolute atomic E-state index is 0.0545. The highest BCUT2D eigenvalue weighted by Crippen LogP contribution is 2.43. The summed E-state index contributed by atoms with van der Waals surface area (Å²) in [7, 11) is -3.76. The SMILES string of the molecule is CS(=O)(=O)c1ccc([C@@H](F)c2cc(F)cc(C#N)c2)c2c1[C@H](O)[C@@H](F)C2. The van der Waals surface area contributed by atoms with Gasteiger partial charge in [0.25, 0.3) is 0 Å². The van der Waals surface area contributed by atoms with Gasteiger partial charge in [-0.05, 0) is 41.0 Å². The Labute approximate surface area is 148 Å². The van der Waals surface area contributed by atoms with E-state index in [4.69, 9.17) is 5.26 Å². The monoisotopic (exact) mass is 381 g/mol. The Kier molecular flexibility index (Phi) is 4.54. The van der Waals surface area contributed by atoms with Crippen LogP contribution >= 0.6 is 0 Å². The Balaban J connectivity index is 2.19. The summed E-state index contributed by atoms with van der Waals surface area (Å²) in [6.07, 6.45) is -4.78. The minimum Gasteiger partial charge on any atom is -0.385 e. The van der Waals surface area contributed by atoms with E-state index >= 15 is 4.39 Å². The molecule has 0 fully saturated rings. The van der Waals surface area contributed by atoms with E-state index in [0.717, 1.165) is 24.5 Å². The van der Waals surface area contributed by atoms with Crippen LogP contribution in [0, 0.1) is 17.1 Å². The number of nitrogens with zero attached hydrogens (tertiary/aromatic N) is 1. The molecule has 0 aromatic heterocycles. The Morgan fingerprint density at radius 3 is 2.62 bits per heavy atom. The minimum atomic E-state index is -3.76. The third-order valence-electron chi connectivity index (χ3n) is 4.41. The van der Waals surface area contributed by atoms with Gasteiger partial charge in [0.15, 0.2) is 16.0 Å². The van der Waals surface area contributed by atoms with Crippen LogP contribution in [0.3, 0.4) is 0 Å². The average Bonchev–Trinajstić information content (AvgIpc) is 2.87. The van der Waals surface area contributed by atoms with Crippen LogP contribution in [-0.2, 0) is 16.3 Å². The predicted molar refractivity (Wildman–Crippen MR) is 87.2 cm³/mol. The van der Waals surface area contributed by atoms with Crippen molar-refractivity contribution < 1.29 is 26.7 Å². The van der Waals surface area contributed by atoms with Crippen LogP contribution in [0.1, 0.15) is 40.1 Å². The fourth-order valence-electron chi connectivity index (χ4n) is 3.26. The number of halogens is 3. The lowest BCUT2D eigenvalue weighted by Crippen LogP contribution is -2.10. The second-order valence-corrected chi connectivity index (χ2v) is 8.21. The van der Waals surface area contributed by atoms with Crippen molar-refractivity contribution in [2.24, 2.45) is 0 Å². The maximum atomic E-state index is 15.1. The van der Waals surface area contributed by atoms with Gasteiger partial charge in [0.2, 0.25) is 0 Å². The summed E-state index contributed by atoms with van der Waals surface area (Å²) in [6.45, 7) is 0. The lowest BCUT2D eigenvalue weighted by atomic mass is 9.94. The number of aliphatic hydroxyl groups excluding tert-OH is 1. The molecule has 4 nitrogen and oxygen atoms in total. The van der Waals surface area contributed by atoms with Crippen molar-refractivity contribution >= 4 is 9.84 Å². The number of benzene rings is 2. The van der Waals surface area contributed by atoms with Gasteiger partial charge in [-0.25, -0.2) is 21.6 Å². The highest BCUT2D eigenvalue weighted by atomic mass is 32.2. The second-order valence-electron chi connectivity index (χ2n) is 6.23. The largest absolute Gasteiger partial charge is 0.385 e. The van der Waals surface area contributed by atoms with Crippen LogP contribution < -0.4 is 0 Å². The van der Waals surface area contributed by atoms with Gasteiger partial charge >= 0.3 is 0 Å². The van der Waals surface area contributed by atoms with Gasteiger partial charge in [0.05, 0.1) is 16.5 Å². The first kappa shape index (κ1) is 18.4. The normalized spacial score (nSPS) is 20.5. The fraction of sp³-hybridized carbons (Fsp3) is 0.278. The zero-order valence-electron chi connectivity index (χ0n) is 13.6. The molecular formula is C18H14F3NO3S. The topological polar surface area (TPSA) is 78.2 Å². The third-order valence-corrected chi connectivity index (χ3v) is 5.56. The second kappa shape index (κ2) is 6.41. The van der Waals surface area contributed by atoms with E-state index < -0.39 is 34.1 Å². The molecule has 3 atom stereocenters. The van der Waals surface area contributed by atoms with Gasteiger partial charge in [0.1, 0.15) is 18.1 Å². The van der Waals surface area contributed by atoms with Crippen molar-refractivity contribution in [1.82, 2.24) is 0 Å². The summed E-state index contributed by atoms with van der Waals surface area (Å²) >= 11 is 0. The van der Waals surface area contributed by atoms with E-state index in [1.165, 1.54) is 12.1 Å². The first-order valence-electron chi connectivity index (χ1n) is 7.66. The Morgan fingerprint density at radius 2 is 2.00 bits per heavy atom. The molecule has 2 aromatic rings. The zero-order chi connectivity index (χ0) is 19.2. The average molecular weight is 381 g/mol. The maximum Gasteiger partial charge on any atom is 0.175 e. The van der Waals surface area contributed by atoms with Crippen molar-refractivity contribution in [3.63, 3.8) is 0 Å². The summed E-state index contributed by atoms with van der Waals surface area (Å²) in [5.74, 6) is -0.797. The van der Waals surface area contributed by atoms with Crippen molar-refractivity contribution in [3.05, 3.63) is 64.0 Å².